The van der Waals surface area contributed by atoms with E-state index >= 15 is 0 Å². The first-order valence-corrected chi connectivity index (χ1v) is 14.3. The summed E-state index contributed by atoms with van der Waals surface area (Å²) in [6.45, 7) is 0. The molecule has 0 saturated heterocycles. The molecule has 5 heteroatoms. The number of methoxy groups -OCH3 is 1. The summed E-state index contributed by atoms with van der Waals surface area (Å²) in [7, 11) is 1.68. The van der Waals surface area contributed by atoms with Gasteiger partial charge in [0.25, 0.3) is 0 Å². The van der Waals surface area contributed by atoms with Crippen LogP contribution < -0.4 is 4.74 Å². The van der Waals surface area contributed by atoms with Crippen molar-refractivity contribution in [3.8, 4) is 5.75 Å². The van der Waals surface area contributed by atoms with Crippen molar-refractivity contribution in [3.63, 3.8) is 0 Å². The molecule has 1 aliphatic rings. The lowest BCUT2D eigenvalue weighted by Crippen LogP contribution is -2.51. The van der Waals surface area contributed by atoms with E-state index in [9.17, 15) is 0 Å². The van der Waals surface area contributed by atoms with Crippen molar-refractivity contribution in [2.45, 2.75) is 15.2 Å². The number of rotatable bonds is 7. The molecule has 0 aliphatic carbocycles. The summed E-state index contributed by atoms with van der Waals surface area (Å²) in [6.07, 6.45) is 0. The third-order valence-electron chi connectivity index (χ3n) is 7.12. The summed E-state index contributed by atoms with van der Waals surface area (Å²) in [4.78, 5) is 6.92. The van der Waals surface area contributed by atoms with E-state index < -0.39 is 10.3 Å². The lowest BCUT2D eigenvalue weighted by atomic mass is 9.64. The minimum atomic E-state index is -0.980. The Bertz CT molecular complexity index is 1530. The van der Waals surface area contributed by atoms with Gasteiger partial charge in [-0.1, -0.05) is 136 Å². The maximum Gasteiger partial charge on any atom is 0.231 e. The number of halogens is 1. The minimum absolute atomic E-state index is 0.788. The van der Waals surface area contributed by atoms with Crippen LogP contribution in [0.5, 0.6) is 5.75 Å². The topological polar surface area (TPSA) is 30.8 Å². The molecule has 192 valence electrons. The van der Waals surface area contributed by atoms with Gasteiger partial charge in [0.2, 0.25) is 4.93 Å². The summed E-state index contributed by atoms with van der Waals surface area (Å²) >= 11 is 5.28. The average Bonchev–Trinajstić information content (AvgIpc) is 3.35. The van der Waals surface area contributed by atoms with E-state index in [1.807, 2.05) is 30.3 Å². The second-order valence-corrected chi connectivity index (χ2v) is 11.4. The molecule has 6 rings (SSSR count). The zero-order chi connectivity index (χ0) is 26.7. The van der Waals surface area contributed by atoms with Crippen LogP contribution in [-0.2, 0) is 15.2 Å². The molecule has 5 aromatic rings. The number of oxime groups is 1. The molecular weight excluding hydrogens is 566 g/mol. The van der Waals surface area contributed by atoms with Crippen molar-refractivity contribution in [3.05, 3.63) is 166 Å². The van der Waals surface area contributed by atoms with E-state index in [1.165, 1.54) is 0 Å². The van der Waals surface area contributed by atoms with Crippen LogP contribution in [0.2, 0.25) is 0 Å². The summed E-state index contributed by atoms with van der Waals surface area (Å²) in [5.41, 5.74) is 4.21. The van der Waals surface area contributed by atoms with Gasteiger partial charge >= 0.3 is 0 Å². The van der Waals surface area contributed by atoms with E-state index in [2.05, 4.69) is 125 Å². The molecule has 39 heavy (non-hydrogen) atoms. The number of nitrogens with zero attached hydrogens (tertiary/aromatic N) is 1. The lowest BCUT2D eigenvalue weighted by molar-refractivity contribution is 0.0261. The number of hydrogen-bond acceptors (Lipinski definition) is 4. The van der Waals surface area contributed by atoms with Crippen LogP contribution >= 0.6 is 27.7 Å². The highest BCUT2D eigenvalue weighted by atomic mass is 79.9. The minimum Gasteiger partial charge on any atom is -0.497 e. The number of thioether (sulfide) groups is 1. The Morgan fingerprint density at radius 1 is 0.641 bits per heavy atom. The van der Waals surface area contributed by atoms with E-state index in [0.717, 1.165) is 43.1 Å². The molecule has 0 spiro atoms. The Kier molecular flexibility index (Phi) is 7.03. The largest absolute Gasteiger partial charge is 0.497 e. The summed E-state index contributed by atoms with van der Waals surface area (Å²) in [5, 5.41) is 4.96. The van der Waals surface area contributed by atoms with Crippen molar-refractivity contribution in [2.75, 3.05) is 7.11 Å². The molecule has 0 radical (unpaired) electrons. The van der Waals surface area contributed by atoms with Crippen molar-refractivity contribution in [1.82, 2.24) is 0 Å². The van der Waals surface area contributed by atoms with Gasteiger partial charge in [-0.15, -0.1) is 0 Å². The van der Waals surface area contributed by atoms with Crippen molar-refractivity contribution in [1.29, 1.82) is 0 Å². The van der Waals surface area contributed by atoms with Crippen LogP contribution in [0.25, 0.3) is 0 Å². The molecule has 1 heterocycles. The molecule has 1 unspecified atom stereocenters. The van der Waals surface area contributed by atoms with Gasteiger partial charge in [-0.3, -0.25) is 0 Å². The van der Waals surface area contributed by atoms with Crippen molar-refractivity contribution in [2.24, 2.45) is 5.16 Å². The first kappa shape index (κ1) is 25.5. The van der Waals surface area contributed by atoms with Crippen LogP contribution in [0.3, 0.4) is 0 Å². The predicted molar refractivity (Wildman–Crippen MR) is 162 cm³/mol. The zero-order valence-electron chi connectivity index (χ0n) is 21.3. The number of benzene rings is 5. The van der Waals surface area contributed by atoms with Gasteiger partial charge in [0.05, 0.1) is 7.11 Å². The Labute approximate surface area is 241 Å². The smallest absolute Gasteiger partial charge is 0.231 e. The quantitative estimate of drug-likeness (QED) is 0.189. The summed E-state index contributed by atoms with van der Waals surface area (Å²) in [6, 6.07) is 48.0. The van der Waals surface area contributed by atoms with Gasteiger partial charge in [-0.05, 0) is 47.5 Å². The molecule has 1 aliphatic heterocycles. The number of hydrogen-bond donors (Lipinski definition) is 0. The standard InChI is InChI=1S/C34H26BrNO2S/c1-37-30-23-19-28(20-24-30)34(39-31-15-9-4-10-16-31)33(26-11-5-2-6-12-26,27-13-7-3-8-14-27)32(36-38-34)25-17-21-29(35)22-18-25/h2-24H,1H3. The molecule has 0 fully saturated rings. The Morgan fingerprint density at radius 2 is 1.18 bits per heavy atom. The first-order chi connectivity index (χ1) is 19.2. The van der Waals surface area contributed by atoms with Gasteiger partial charge in [-0.25, -0.2) is 0 Å². The van der Waals surface area contributed by atoms with Gasteiger partial charge < -0.3 is 9.57 Å². The molecule has 0 aromatic heterocycles. The third kappa shape index (κ3) is 4.36. The maximum absolute atomic E-state index is 6.82. The molecule has 1 atom stereocenters. The van der Waals surface area contributed by atoms with Crippen LogP contribution in [0.1, 0.15) is 22.3 Å². The molecule has 0 saturated carbocycles. The summed E-state index contributed by atoms with van der Waals surface area (Å²) in [5.74, 6) is 0.788. The molecule has 0 amide bonds. The molecule has 5 aromatic carbocycles. The van der Waals surface area contributed by atoms with Crippen molar-refractivity contribution >= 4 is 33.4 Å². The van der Waals surface area contributed by atoms with Gasteiger partial charge in [0, 0.05) is 20.5 Å². The van der Waals surface area contributed by atoms with E-state index in [1.54, 1.807) is 18.9 Å². The van der Waals surface area contributed by atoms with E-state index in [-0.39, 0.29) is 0 Å². The highest BCUT2D eigenvalue weighted by molar-refractivity contribution is 9.10. The molecule has 0 N–H and O–H groups in total. The van der Waals surface area contributed by atoms with Crippen LogP contribution in [0.4, 0.5) is 0 Å². The molecule has 3 nitrogen and oxygen atoms in total. The van der Waals surface area contributed by atoms with Crippen LogP contribution in [-0.4, -0.2) is 12.8 Å². The SMILES string of the molecule is COc1ccc(C2(Sc3ccccc3)ON=C(c3ccc(Br)cc3)C2(c2ccccc2)c2ccccc2)cc1. The second-order valence-electron chi connectivity index (χ2n) is 9.28. The summed E-state index contributed by atoms with van der Waals surface area (Å²) < 4.78 is 6.54. The fourth-order valence-electron chi connectivity index (χ4n) is 5.36. The van der Waals surface area contributed by atoms with E-state index in [4.69, 9.17) is 14.7 Å². The fraction of sp³-hybridized carbons (Fsp3) is 0.0882. The lowest BCUT2D eigenvalue weighted by Gasteiger charge is -2.44. The molecular formula is C34H26BrNO2S. The van der Waals surface area contributed by atoms with E-state index in [0.29, 0.717) is 0 Å². The van der Waals surface area contributed by atoms with Crippen LogP contribution in [0, 0.1) is 0 Å². The monoisotopic (exact) mass is 591 g/mol. The number of ether oxygens (including phenoxy) is 1. The second kappa shape index (κ2) is 10.8. The zero-order valence-corrected chi connectivity index (χ0v) is 23.7. The van der Waals surface area contributed by atoms with Crippen LogP contribution in [0.15, 0.2) is 154 Å². The first-order valence-electron chi connectivity index (χ1n) is 12.7. The van der Waals surface area contributed by atoms with Gasteiger partial charge in [-0.2, -0.15) is 0 Å². The Morgan fingerprint density at radius 3 is 1.72 bits per heavy atom. The Balaban J connectivity index is 1.72. The van der Waals surface area contributed by atoms with Gasteiger partial charge in [0.15, 0.2) is 0 Å². The Hall–Kier alpha value is -3.80. The van der Waals surface area contributed by atoms with Gasteiger partial charge in [0.1, 0.15) is 16.9 Å². The third-order valence-corrected chi connectivity index (χ3v) is 9.06. The van der Waals surface area contributed by atoms with Crippen molar-refractivity contribution < 1.29 is 9.57 Å². The maximum atomic E-state index is 6.82. The highest BCUT2D eigenvalue weighted by Crippen LogP contribution is 2.62. The fourth-order valence-corrected chi connectivity index (χ4v) is 7.07. The molecule has 0 bridgehead atoms. The predicted octanol–water partition coefficient (Wildman–Crippen LogP) is 8.82. The normalized spacial score (nSPS) is 17.7. The highest BCUT2D eigenvalue weighted by Gasteiger charge is 2.65. The average molecular weight is 593 g/mol.